The fourth-order valence-corrected chi connectivity index (χ4v) is 2.00. The van der Waals surface area contributed by atoms with Crippen molar-refractivity contribution >= 4 is 5.69 Å². The highest BCUT2D eigenvalue weighted by atomic mass is 15.4. The molecule has 2 rings (SSSR count). The Hall–Kier alpha value is -1.44. The molecular formula is C13H18N2. The Morgan fingerprint density at radius 2 is 1.93 bits per heavy atom. The van der Waals surface area contributed by atoms with E-state index in [0.29, 0.717) is 0 Å². The van der Waals surface area contributed by atoms with Crippen molar-refractivity contribution in [2.75, 3.05) is 25.0 Å². The Labute approximate surface area is 91.8 Å². The van der Waals surface area contributed by atoms with Crippen LogP contribution in [0, 0.1) is 0 Å². The second-order valence-corrected chi connectivity index (χ2v) is 3.88. The van der Waals surface area contributed by atoms with Gasteiger partial charge in [-0.25, -0.2) is 0 Å². The zero-order valence-electron chi connectivity index (χ0n) is 9.48. The van der Waals surface area contributed by atoms with E-state index in [0.717, 1.165) is 19.5 Å². The quantitative estimate of drug-likeness (QED) is 0.727. The van der Waals surface area contributed by atoms with Gasteiger partial charge in [-0.05, 0) is 24.6 Å². The topological polar surface area (TPSA) is 6.48 Å². The maximum atomic E-state index is 2.38. The summed E-state index contributed by atoms with van der Waals surface area (Å²) in [5.41, 5.74) is 1.29. The molecule has 0 atom stereocenters. The number of para-hydroxylation sites is 1. The van der Waals surface area contributed by atoms with Crippen LogP contribution >= 0.6 is 0 Å². The van der Waals surface area contributed by atoms with Crippen molar-refractivity contribution in [2.24, 2.45) is 0 Å². The van der Waals surface area contributed by atoms with E-state index in [4.69, 9.17) is 0 Å². The highest BCUT2D eigenvalue weighted by Gasteiger charge is 2.21. The molecule has 0 saturated carbocycles. The van der Waals surface area contributed by atoms with Gasteiger partial charge in [-0.2, -0.15) is 0 Å². The first-order valence-electron chi connectivity index (χ1n) is 5.57. The monoisotopic (exact) mass is 202 g/mol. The van der Waals surface area contributed by atoms with Gasteiger partial charge >= 0.3 is 0 Å². The molecule has 0 aromatic heterocycles. The van der Waals surface area contributed by atoms with Gasteiger partial charge < -0.3 is 9.80 Å². The first-order chi connectivity index (χ1) is 7.33. The Bertz CT molecular complexity index is 343. The number of hydrogen-bond acceptors (Lipinski definition) is 2. The number of nitrogens with zero attached hydrogens (tertiary/aromatic N) is 2. The highest BCUT2D eigenvalue weighted by molar-refractivity contribution is 5.53. The zero-order chi connectivity index (χ0) is 10.7. The average Bonchev–Trinajstić information content (AvgIpc) is 2.63. The third kappa shape index (κ3) is 1.99. The number of benzene rings is 1. The van der Waals surface area contributed by atoms with Crippen molar-refractivity contribution in [3.63, 3.8) is 0 Å². The number of anilines is 1. The van der Waals surface area contributed by atoms with Crippen LogP contribution in [0.5, 0.6) is 0 Å². The van der Waals surface area contributed by atoms with E-state index in [2.05, 4.69) is 60.2 Å². The van der Waals surface area contributed by atoms with Crippen molar-refractivity contribution in [1.29, 1.82) is 0 Å². The number of likely N-dealkylation sites (N-methyl/N-ethyl adjacent to an activating group) is 1. The largest absolute Gasteiger partial charge is 0.360 e. The number of rotatable bonds is 2. The van der Waals surface area contributed by atoms with Crippen LogP contribution in [0.2, 0.25) is 0 Å². The van der Waals surface area contributed by atoms with E-state index in [1.165, 1.54) is 11.5 Å². The summed E-state index contributed by atoms with van der Waals surface area (Å²) in [7, 11) is 2.16. The molecule has 1 saturated heterocycles. The van der Waals surface area contributed by atoms with Crippen molar-refractivity contribution in [1.82, 2.24) is 4.90 Å². The molecule has 1 aliphatic rings. The van der Waals surface area contributed by atoms with Crippen LogP contribution < -0.4 is 4.90 Å². The van der Waals surface area contributed by atoms with Gasteiger partial charge in [0.2, 0.25) is 0 Å². The van der Waals surface area contributed by atoms with Crippen molar-refractivity contribution in [2.45, 2.75) is 13.3 Å². The number of hydrogen-bond donors (Lipinski definition) is 0. The fourth-order valence-electron chi connectivity index (χ4n) is 2.00. The lowest BCUT2D eigenvalue weighted by Gasteiger charge is -2.22. The lowest BCUT2D eigenvalue weighted by molar-refractivity contribution is 0.485. The molecule has 2 heteroatoms. The summed E-state index contributed by atoms with van der Waals surface area (Å²) in [5, 5.41) is 0. The maximum absolute atomic E-state index is 2.38. The summed E-state index contributed by atoms with van der Waals surface area (Å²) in [5.74, 6) is 1.34. The van der Waals surface area contributed by atoms with Crippen LogP contribution in [0.15, 0.2) is 42.2 Å². The minimum absolute atomic E-state index is 1.09. The molecule has 1 aromatic rings. The summed E-state index contributed by atoms with van der Waals surface area (Å²) >= 11 is 0. The second-order valence-electron chi connectivity index (χ2n) is 3.88. The van der Waals surface area contributed by atoms with Crippen LogP contribution in [0.4, 0.5) is 5.69 Å². The summed E-state index contributed by atoms with van der Waals surface area (Å²) in [4.78, 5) is 4.69. The van der Waals surface area contributed by atoms with E-state index >= 15 is 0 Å². The summed E-state index contributed by atoms with van der Waals surface area (Å²) in [6.07, 6.45) is 3.38. The molecule has 0 radical (unpaired) electrons. The predicted molar refractivity (Wildman–Crippen MR) is 64.8 cm³/mol. The highest BCUT2D eigenvalue weighted by Crippen LogP contribution is 2.24. The van der Waals surface area contributed by atoms with Crippen LogP contribution in [-0.4, -0.2) is 25.0 Å². The molecule has 0 unspecified atom stereocenters. The van der Waals surface area contributed by atoms with E-state index in [1.807, 2.05) is 0 Å². The van der Waals surface area contributed by atoms with Crippen molar-refractivity contribution in [3.8, 4) is 0 Å². The normalized spacial score (nSPS) is 18.9. The van der Waals surface area contributed by atoms with Crippen LogP contribution in [0.1, 0.15) is 13.3 Å². The Balaban J connectivity index is 2.27. The molecule has 0 bridgehead atoms. The molecule has 0 aliphatic carbocycles. The minimum atomic E-state index is 1.09. The van der Waals surface area contributed by atoms with E-state index in [1.54, 1.807) is 0 Å². The lowest BCUT2D eigenvalue weighted by Crippen LogP contribution is -2.19. The van der Waals surface area contributed by atoms with Crippen molar-refractivity contribution < 1.29 is 0 Å². The molecule has 0 N–H and O–H groups in total. The van der Waals surface area contributed by atoms with E-state index in [9.17, 15) is 0 Å². The first kappa shape index (κ1) is 10.1. The van der Waals surface area contributed by atoms with E-state index in [-0.39, 0.29) is 0 Å². The molecular weight excluding hydrogens is 184 g/mol. The number of allylic oxidation sites excluding steroid dienone is 1. The Morgan fingerprint density at radius 3 is 2.60 bits per heavy atom. The SMILES string of the molecule is CC/C=C1/N(C)CCN1c1ccccc1. The van der Waals surface area contributed by atoms with Gasteiger partial charge in [-0.1, -0.05) is 25.1 Å². The minimum Gasteiger partial charge on any atom is -0.360 e. The molecule has 1 heterocycles. The standard InChI is InChI=1S/C13H18N2/c1-3-7-13-14(2)10-11-15(13)12-8-5-4-6-9-12/h4-9H,3,10-11H2,1-2H3/b13-7-. The fraction of sp³-hybridized carbons (Fsp3) is 0.385. The third-order valence-corrected chi connectivity index (χ3v) is 2.78. The van der Waals surface area contributed by atoms with Crippen LogP contribution in [-0.2, 0) is 0 Å². The molecule has 1 aromatic carbocycles. The van der Waals surface area contributed by atoms with Gasteiger partial charge in [0.05, 0.1) is 0 Å². The van der Waals surface area contributed by atoms with Gasteiger partial charge in [-0.3, -0.25) is 0 Å². The molecule has 2 nitrogen and oxygen atoms in total. The predicted octanol–water partition coefficient (Wildman–Crippen LogP) is 2.69. The Morgan fingerprint density at radius 1 is 1.20 bits per heavy atom. The zero-order valence-corrected chi connectivity index (χ0v) is 9.48. The van der Waals surface area contributed by atoms with Crippen molar-refractivity contribution in [3.05, 3.63) is 42.2 Å². The maximum Gasteiger partial charge on any atom is 0.104 e. The molecule has 1 fully saturated rings. The smallest absolute Gasteiger partial charge is 0.104 e. The van der Waals surface area contributed by atoms with Gasteiger partial charge in [0.15, 0.2) is 0 Å². The second kappa shape index (κ2) is 4.39. The van der Waals surface area contributed by atoms with Gasteiger partial charge in [-0.15, -0.1) is 0 Å². The Kier molecular flexibility index (Phi) is 2.95. The summed E-state index contributed by atoms with van der Waals surface area (Å²) in [6.45, 7) is 4.38. The average molecular weight is 202 g/mol. The molecule has 0 spiro atoms. The lowest BCUT2D eigenvalue weighted by atomic mass is 10.3. The summed E-state index contributed by atoms with van der Waals surface area (Å²) in [6, 6.07) is 10.6. The van der Waals surface area contributed by atoms with Gasteiger partial charge in [0, 0.05) is 25.8 Å². The third-order valence-electron chi connectivity index (χ3n) is 2.78. The molecule has 0 amide bonds. The summed E-state index contributed by atoms with van der Waals surface area (Å²) < 4.78 is 0. The van der Waals surface area contributed by atoms with Gasteiger partial charge in [0.25, 0.3) is 0 Å². The van der Waals surface area contributed by atoms with Gasteiger partial charge in [0.1, 0.15) is 5.82 Å². The molecule has 15 heavy (non-hydrogen) atoms. The van der Waals surface area contributed by atoms with Crippen LogP contribution in [0.25, 0.3) is 0 Å². The van der Waals surface area contributed by atoms with Crippen LogP contribution in [0.3, 0.4) is 0 Å². The molecule has 1 aliphatic heterocycles. The first-order valence-corrected chi connectivity index (χ1v) is 5.57. The van der Waals surface area contributed by atoms with E-state index < -0.39 is 0 Å². The molecule has 80 valence electrons.